The van der Waals surface area contributed by atoms with Gasteiger partial charge in [0.2, 0.25) is 12.6 Å². The van der Waals surface area contributed by atoms with Gasteiger partial charge < -0.3 is 114 Å². The molecule has 0 saturated carbocycles. The summed E-state index contributed by atoms with van der Waals surface area (Å²) in [5.74, 6) is 0.0170. The summed E-state index contributed by atoms with van der Waals surface area (Å²) in [4.78, 5) is 0. The lowest BCUT2D eigenvalue weighted by Crippen LogP contribution is -2.65. The molecule has 4 saturated heterocycles. The molecule has 23 nitrogen and oxygen atoms in total. The molecule has 4 heterocycles. The Morgan fingerprint density at radius 1 is 0.393 bits per heavy atom. The van der Waals surface area contributed by atoms with E-state index in [1.165, 1.54) is 12.1 Å². The molecule has 20 atom stereocenters. The van der Waals surface area contributed by atoms with Crippen LogP contribution in [0.15, 0.2) is 42.5 Å². The first kappa shape index (κ1) is 47.5. The van der Waals surface area contributed by atoms with Crippen molar-refractivity contribution in [3.05, 3.63) is 53.6 Å². The molecule has 0 aliphatic carbocycles. The molecule has 0 spiro atoms. The second-order valence-corrected chi connectivity index (χ2v) is 15.2. The van der Waals surface area contributed by atoms with E-state index in [0.717, 1.165) is 5.56 Å². The van der Waals surface area contributed by atoms with E-state index in [2.05, 4.69) is 0 Å². The van der Waals surface area contributed by atoms with E-state index in [1.807, 2.05) is 0 Å². The predicted molar refractivity (Wildman–Crippen MR) is 196 cm³/mol. The van der Waals surface area contributed by atoms with Gasteiger partial charge in [0.05, 0.1) is 26.4 Å². The van der Waals surface area contributed by atoms with Crippen molar-refractivity contribution in [3.8, 4) is 17.2 Å². The van der Waals surface area contributed by atoms with Gasteiger partial charge in [0, 0.05) is 6.07 Å². The number of aryl methyl sites for hydroxylation is 2. The average molecular weight is 879 g/mol. The van der Waals surface area contributed by atoms with E-state index in [1.54, 1.807) is 30.3 Å². The summed E-state index contributed by atoms with van der Waals surface area (Å²) in [7, 11) is 0. The molecule has 2 aromatic carbocycles. The van der Waals surface area contributed by atoms with E-state index < -0.39 is 149 Å². The van der Waals surface area contributed by atoms with Gasteiger partial charge in [-0.3, -0.25) is 0 Å². The maximum atomic E-state index is 10.9. The van der Waals surface area contributed by atoms with E-state index in [-0.39, 0.29) is 17.2 Å². The Kier molecular flexibility index (Phi) is 16.1. The molecule has 4 fully saturated rings. The third kappa shape index (κ3) is 10.5. The third-order valence-corrected chi connectivity index (χ3v) is 11.0. The topological polar surface area (TPSA) is 377 Å². The fourth-order valence-corrected chi connectivity index (χ4v) is 7.45. The van der Waals surface area contributed by atoms with Crippen molar-refractivity contribution >= 4 is 0 Å². The highest BCUT2D eigenvalue weighted by molar-refractivity contribution is 5.38. The molecule has 0 aromatic heterocycles. The van der Waals surface area contributed by atoms with Crippen LogP contribution < -0.4 is 9.47 Å². The normalized spacial score (nSPS) is 41.9. The SMILES string of the molecule is OCC1OC(OC2C(CO)OC(Oc3ccc(CCc4cc(O)cc(OC5OC(CO)C(OC6OC(CO)C(O)C(O)C6O)C(O)C5O)c4)cc3)C(O)C2O)C(O)C(O)C1O. The van der Waals surface area contributed by atoms with Crippen LogP contribution in [0.5, 0.6) is 17.2 Å². The van der Waals surface area contributed by atoms with Crippen molar-refractivity contribution in [1.29, 1.82) is 0 Å². The summed E-state index contributed by atoms with van der Waals surface area (Å²) in [5, 5.41) is 154. The number of aliphatic hydroxyl groups is 14. The Morgan fingerprint density at radius 2 is 0.787 bits per heavy atom. The Balaban J connectivity index is 1.02. The van der Waals surface area contributed by atoms with E-state index in [4.69, 9.17) is 37.9 Å². The molecular formula is C38H54O23. The van der Waals surface area contributed by atoms with Crippen LogP contribution in [0.25, 0.3) is 0 Å². The molecule has 4 aliphatic heterocycles. The number of aromatic hydroxyl groups is 1. The van der Waals surface area contributed by atoms with E-state index in [0.29, 0.717) is 18.4 Å². The fourth-order valence-electron chi connectivity index (χ4n) is 7.45. The highest BCUT2D eigenvalue weighted by atomic mass is 16.8. The van der Waals surface area contributed by atoms with Gasteiger partial charge >= 0.3 is 0 Å². The predicted octanol–water partition coefficient (Wildman–Crippen LogP) is -6.82. The van der Waals surface area contributed by atoms with Crippen LogP contribution in [0.2, 0.25) is 0 Å². The van der Waals surface area contributed by atoms with Gasteiger partial charge in [-0.05, 0) is 48.2 Å². The second-order valence-electron chi connectivity index (χ2n) is 15.2. The Hall–Kier alpha value is -2.96. The lowest BCUT2D eigenvalue weighted by atomic mass is 9.97. The lowest BCUT2D eigenvalue weighted by Gasteiger charge is -2.45. The monoisotopic (exact) mass is 878 g/mol. The molecule has 20 unspecified atom stereocenters. The molecule has 6 rings (SSSR count). The smallest absolute Gasteiger partial charge is 0.229 e. The Morgan fingerprint density at radius 3 is 1.23 bits per heavy atom. The van der Waals surface area contributed by atoms with Crippen molar-refractivity contribution in [1.82, 2.24) is 0 Å². The standard InChI is InChI=1S/C38H54O23/c39-10-19-23(44)25(46)29(50)37(56-19)60-33-21(12-41)58-35(31(52)27(33)48)54-17-5-3-14(4-6-17)1-2-15-7-16(43)9-18(8-15)55-36-32(53)28(49)34(22(13-42)59-36)61-38-30(51)26(47)24(45)20(11-40)57-38/h3-9,19-53H,1-2,10-13H2. The molecule has 0 amide bonds. The first-order chi connectivity index (χ1) is 29.1. The second kappa shape index (κ2) is 20.7. The molecule has 2 aromatic rings. The number of hydrogen-bond donors (Lipinski definition) is 15. The van der Waals surface area contributed by atoms with Crippen LogP contribution in [-0.4, -0.2) is 226 Å². The summed E-state index contributed by atoms with van der Waals surface area (Å²) in [6, 6.07) is 10.7. The molecule has 15 N–H and O–H groups in total. The number of hydrogen-bond acceptors (Lipinski definition) is 23. The zero-order chi connectivity index (χ0) is 44.3. The minimum absolute atomic E-state index is 0.0234. The highest BCUT2D eigenvalue weighted by Gasteiger charge is 2.53. The summed E-state index contributed by atoms with van der Waals surface area (Å²) in [6.45, 7) is -2.99. The quantitative estimate of drug-likeness (QED) is 0.0790. The minimum atomic E-state index is -1.83. The van der Waals surface area contributed by atoms with Crippen molar-refractivity contribution in [3.63, 3.8) is 0 Å². The molecule has 4 aliphatic rings. The van der Waals surface area contributed by atoms with E-state index in [9.17, 15) is 76.6 Å². The third-order valence-electron chi connectivity index (χ3n) is 11.0. The van der Waals surface area contributed by atoms with Crippen LogP contribution >= 0.6 is 0 Å². The molecule has 61 heavy (non-hydrogen) atoms. The number of rotatable bonds is 15. The van der Waals surface area contributed by atoms with Crippen molar-refractivity contribution in [2.24, 2.45) is 0 Å². The Bertz CT molecular complexity index is 1670. The molecule has 344 valence electrons. The maximum Gasteiger partial charge on any atom is 0.229 e. The molecule has 0 radical (unpaired) electrons. The van der Waals surface area contributed by atoms with E-state index >= 15 is 0 Å². The first-order valence-electron chi connectivity index (χ1n) is 19.5. The van der Waals surface area contributed by atoms with Gasteiger partial charge in [0.15, 0.2) is 12.6 Å². The number of ether oxygens (including phenoxy) is 8. The number of phenolic OH excluding ortho intramolecular Hbond substituents is 1. The van der Waals surface area contributed by atoms with Gasteiger partial charge in [-0.25, -0.2) is 0 Å². The van der Waals surface area contributed by atoms with Crippen LogP contribution in [0.1, 0.15) is 11.1 Å². The van der Waals surface area contributed by atoms with Gasteiger partial charge in [-0.1, -0.05) is 12.1 Å². The molecule has 23 heteroatoms. The van der Waals surface area contributed by atoms with Crippen LogP contribution in [0, 0.1) is 0 Å². The summed E-state index contributed by atoms with van der Waals surface area (Å²) < 4.78 is 44.6. The van der Waals surface area contributed by atoms with Crippen LogP contribution in [0.4, 0.5) is 0 Å². The number of phenols is 1. The first-order valence-corrected chi connectivity index (χ1v) is 19.5. The minimum Gasteiger partial charge on any atom is -0.508 e. The van der Waals surface area contributed by atoms with Crippen LogP contribution in [-0.2, 0) is 41.3 Å². The van der Waals surface area contributed by atoms with Crippen molar-refractivity contribution in [2.45, 2.75) is 136 Å². The Labute approximate surface area is 347 Å². The van der Waals surface area contributed by atoms with Crippen molar-refractivity contribution < 1.29 is 114 Å². The van der Waals surface area contributed by atoms with Gasteiger partial charge in [0.1, 0.15) is 115 Å². The van der Waals surface area contributed by atoms with Gasteiger partial charge in [-0.15, -0.1) is 0 Å². The zero-order valence-corrected chi connectivity index (χ0v) is 32.3. The fraction of sp³-hybridized carbons (Fsp3) is 0.684. The van der Waals surface area contributed by atoms with Crippen LogP contribution in [0.3, 0.4) is 0 Å². The zero-order valence-electron chi connectivity index (χ0n) is 32.3. The maximum absolute atomic E-state index is 10.9. The lowest BCUT2D eigenvalue weighted by molar-refractivity contribution is -0.352. The van der Waals surface area contributed by atoms with Gasteiger partial charge in [0.25, 0.3) is 0 Å². The number of aliphatic hydroxyl groups excluding tert-OH is 14. The number of benzene rings is 2. The largest absolute Gasteiger partial charge is 0.508 e. The average Bonchev–Trinajstić information content (AvgIpc) is 3.25. The molecule has 0 bridgehead atoms. The van der Waals surface area contributed by atoms with Crippen molar-refractivity contribution in [2.75, 3.05) is 26.4 Å². The summed E-state index contributed by atoms with van der Waals surface area (Å²) in [5.41, 5.74) is 1.36. The molecular weight excluding hydrogens is 824 g/mol. The highest BCUT2D eigenvalue weighted by Crippen LogP contribution is 2.33. The summed E-state index contributed by atoms with van der Waals surface area (Å²) in [6.07, 6.45) is -31.7. The summed E-state index contributed by atoms with van der Waals surface area (Å²) >= 11 is 0. The van der Waals surface area contributed by atoms with Gasteiger partial charge in [-0.2, -0.15) is 0 Å².